The largest absolute Gasteiger partial charge is 0.454 e. The number of unbranched alkanes of at least 4 members (excludes halogenated alkanes) is 24. The van der Waals surface area contributed by atoms with Crippen LogP contribution in [-0.2, 0) is 23.8 Å². The first-order chi connectivity index (χ1) is 39.7. The molecule has 1 amide bonds. The van der Waals surface area contributed by atoms with Crippen molar-refractivity contribution in [2.24, 2.45) is 0 Å². The molecule has 0 spiro atoms. The van der Waals surface area contributed by atoms with E-state index in [-0.39, 0.29) is 19.4 Å². The second-order valence-electron chi connectivity index (χ2n) is 22.1. The maximum absolute atomic E-state index is 13.5. The fourth-order valence-electron chi connectivity index (χ4n) is 9.51. The quantitative estimate of drug-likeness (QED) is 0.0195. The molecular formula is C70H119NO10. The number of rotatable bonds is 54. The molecule has 11 nitrogen and oxygen atoms in total. The molecule has 1 heterocycles. The van der Waals surface area contributed by atoms with Crippen LogP contribution in [0.25, 0.3) is 0 Å². The number of hydrogen-bond acceptors (Lipinski definition) is 10. The highest BCUT2D eigenvalue weighted by Crippen LogP contribution is 2.26. The molecule has 1 aliphatic heterocycles. The van der Waals surface area contributed by atoms with Crippen molar-refractivity contribution in [2.45, 2.75) is 307 Å². The third-order valence-corrected chi connectivity index (χ3v) is 14.7. The van der Waals surface area contributed by atoms with Crippen LogP contribution in [0.15, 0.2) is 109 Å². The fraction of sp³-hybridized carbons (Fsp3) is 0.714. The molecule has 0 radical (unpaired) electrons. The van der Waals surface area contributed by atoms with Gasteiger partial charge in [-0.2, -0.15) is 0 Å². The maximum atomic E-state index is 13.5. The van der Waals surface area contributed by atoms with Crippen molar-refractivity contribution in [3.8, 4) is 0 Å². The Kier molecular flexibility index (Phi) is 52.8. The number of aliphatic hydroxyl groups is 5. The average molecular weight is 1130 g/mol. The minimum absolute atomic E-state index is 0.0627. The Bertz CT molecular complexity index is 1730. The van der Waals surface area contributed by atoms with E-state index in [0.717, 1.165) is 103 Å². The number of carbonyl (C=O) groups excluding carboxylic acids is 2. The van der Waals surface area contributed by atoms with Gasteiger partial charge in [0.15, 0.2) is 12.4 Å². The first-order valence-electron chi connectivity index (χ1n) is 32.7. The lowest BCUT2D eigenvalue weighted by molar-refractivity contribution is -0.305. The molecule has 0 aromatic carbocycles. The van der Waals surface area contributed by atoms with Gasteiger partial charge in [0, 0.05) is 6.42 Å². The van der Waals surface area contributed by atoms with Gasteiger partial charge >= 0.3 is 5.97 Å². The molecule has 1 saturated heterocycles. The lowest BCUT2D eigenvalue weighted by Gasteiger charge is -2.41. The zero-order chi connectivity index (χ0) is 58.9. The van der Waals surface area contributed by atoms with Crippen molar-refractivity contribution in [3.05, 3.63) is 109 Å². The zero-order valence-corrected chi connectivity index (χ0v) is 51.4. The predicted octanol–water partition coefficient (Wildman–Crippen LogP) is 16.1. The summed E-state index contributed by atoms with van der Waals surface area (Å²) in [5, 5.41) is 57.1. The Morgan fingerprint density at radius 2 is 0.889 bits per heavy atom. The van der Waals surface area contributed by atoms with E-state index in [2.05, 4.69) is 123 Å². The van der Waals surface area contributed by atoms with E-state index < -0.39 is 67.4 Å². The molecule has 0 bridgehead atoms. The number of aliphatic hydroxyl groups excluding tert-OH is 5. The second-order valence-corrected chi connectivity index (χ2v) is 22.1. The van der Waals surface area contributed by atoms with E-state index in [9.17, 15) is 35.1 Å². The minimum atomic E-state index is -1.64. The van der Waals surface area contributed by atoms with Gasteiger partial charge in [-0.25, -0.2) is 0 Å². The smallest absolute Gasteiger partial charge is 0.306 e. The van der Waals surface area contributed by atoms with Gasteiger partial charge in [-0.05, 0) is 109 Å². The molecule has 8 atom stereocenters. The number of amides is 1. The predicted molar refractivity (Wildman–Crippen MR) is 338 cm³/mol. The van der Waals surface area contributed by atoms with Gasteiger partial charge < -0.3 is 45.1 Å². The van der Waals surface area contributed by atoms with Crippen LogP contribution in [0.1, 0.15) is 258 Å². The number of nitrogens with one attached hydrogen (secondary N) is 1. The summed E-state index contributed by atoms with van der Waals surface area (Å²) in [5.41, 5.74) is 0. The highest BCUT2D eigenvalue weighted by atomic mass is 16.7. The highest BCUT2D eigenvalue weighted by molar-refractivity contribution is 5.80. The Morgan fingerprint density at radius 3 is 1.36 bits per heavy atom. The molecule has 0 aliphatic carbocycles. The van der Waals surface area contributed by atoms with Crippen LogP contribution in [0.3, 0.4) is 0 Å². The minimum Gasteiger partial charge on any atom is -0.454 e. The van der Waals surface area contributed by atoms with Crippen molar-refractivity contribution < 1.29 is 49.3 Å². The van der Waals surface area contributed by atoms with Gasteiger partial charge in [0.2, 0.25) is 5.91 Å². The topological polar surface area (TPSA) is 175 Å². The lowest BCUT2D eigenvalue weighted by atomic mass is 9.99. The van der Waals surface area contributed by atoms with Crippen LogP contribution < -0.4 is 5.32 Å². The molecule has 11 heteroatoms. The SMILES string of the molecule is CC/C=C\C/C=C\C/C=C\C/C=C\C/C=C\C/C=C\CCCCC(=O)OC1C(OCC(NC(=O)C(O)CCCCCCCCCC/C=C\C/C=C\CCCCC)C(O)/C=C/CCCCCCCCCCCCC)OC(CO)C(O)C1O. The average Bonchev–Trinajstić information content (AvgIpc) is 3.53. The van der Waals surface area contributed by atoms with Crippen LogP contribution in [0.4, 0.5) is 0 Å². The molecule has 1 rings (SSSR count). The van der Waals surface area contributed by atoms with Crippen molar-refractivity contribution in [3.63, 3.8) is 0 Å². The van der Waals surface area contributed by atoms with Crippen molar-refractivity contribution in [2.75, 3.05) is 13.2 Å². The number of carbonyl (C=O) groups is 2. The Labute approximate surface area is 494 Å². The molecule has 1 aliphatic rings. The summed E-state index contributed by atoms with van der Waals surface area (Å²) in [6.45, 7) is 5.63. The van der Waals surface area contributed by atoms with Crippen molar-refractivity contribution >= 4 is 11.9 Å². The van der Waals surface area contributed by atoms with Crippen LogP contribution in [0, 0.1) is 0 Å². The van der Waals surface area contributed by atoms with Crippen LogP contribution in [-0.4, -0.2) is 99.6 Å². The first-order valence-corrected chi connectivity index (χ1v) is 32.7. The normalized spacial score (nSPS) is 19.4. The van der Waals surface area contributed by atoms with Crippen LogP contribution >= 0.6 is 0 Å². The van der Waals surface area contributed by atoms with Gasteiger partial charge in [0.1, 0.15) is 24.4 Å². The molecule has 0 aromatic heterocycles. The Morgan fingerprint density at radius 1 is 0.494 bits per heavy atom. The summed E-state index contributed by atoms with van der Waals surface area (Å²) in [6.07, 6.45) is 66.9. The van der Waals surface area contributed by atoms with Gasteiger partial charge in [0.25, 0.3) is 0 Å². The lowest BCUT2D eigenvalue weighted by Crippen LogP contribution is -2.61. The summed E-state index contributed by atoms with van der Waals surface area (Å²) < 4.78 is 17.6. The van der Waals surface area contributed by atoms with Gasteiger partial charge in [-0.15, -0.1) is 0 Å². The summed E-state index contributed by atoms with van der Waals surface area (Å²) in [6, 6.07) is -1.04. The fourth-order valence-corrected chi connectivity index (χ4v) is 9.51. The van der Waals surface area contributed by atoms with E-state index in [0.29, 0.717) is 12.8 Å². The van der Waals surface area contributed by atoms with E-state index in [1.807, 2.05) is 6.08 Å². The number of hydrogen-bond donors (Lipinski definition) is 6. The Balaban J connectivity index is 2.70. The van der Waals surface area contributed by atoms with E-state index >= 15 is 0 Å². The molecule has 0 saturated carbocycles. The standard InChI is InChI=1S/C70H119NO10/c1-4-7-10-13-16-19-22-25-27-29-31-32-33-35-37-40-43-46-49-52-55-58-65(75)81-68-67(77)66(76)64(59-72)80-70(68)79-60-61(62(73)56-53-50-47-44-41-38-24-21-18-15-12-9-6-3)71-69(78)63(74)57-54-51-48-45-42-39-36-34-30-28-26-23-20-17-14-11-8-5-2/h7,10,16-17,19-20,25-28,31-32,35,37,43,46,53,56,61-64,66-68,70,72-74,76-77H,4-6,8-9,11-15,18,21-24,29-30,33-34,36,38-42,44-45,47-52,54-55,57-60H2,1-3H3,(H,71,78)/b10-7-,19-16-,20-17-,27-25-,28-26-,32-31-,37-35-,46-43-,56-53+. The molecule has 464 valence electrons. The third-order valence-electron chi connectivity index (χ3n) is 14.7. The molecule has 6 N–H and O–H groups in total. The maximum Gasteiger partial charge on any atom is 0.306 e. The second kappa shape index (κ2) is 56.8. The summed E-state index contributed by atoms with van der Waals surface area (Å²) >= 11 is 0. The number of ether oxygens (including phenoxy) is 3. The Hall–Kier alpha value is -3.68. The van der Waals surface area contributed by atoms with Crippen molar-refractivity contribution in [1.82, 2.24) is 5.32 Å². The molecule has 8 unspecified atom stereocenters. The molecular weight excluding hydrogens is 1010 g/mol. The molecule has 1 fully saturated rings. The first kappa shape index (κ1) is 75.3. The van der Waals surface area contributed by atoms with Crippen LogP contribution in [0.5, 0.6) is 0 Å². The van der Waals surface area contributed by atoms with E-state index in [1.54, 1.807) is 6.08 Å². The van der Waals surface area contributed by atoms with Crippen molar-refractivity contribution in [1.29, 1.82) is 0 Å². The molecule has 81 heavy (non-hydrogen) atoms. The number of allylic oxidation sites excluding steroid dienone is 17. The van der Waals surface area contributed by atoms with Gasteiger partial charge in [0.05, 0.1) is 25.4 Å². The van der Waals surface area contributed by atoms with E-state index in [1.165, 1.54) is 109 Å². The third kappa shape index (κ3) is 44.5. The van der Waals surface area contributed by atoms with Gasteiger partial charge in [-0.3, -0.25) is 9.59 Å². The monoisotopic (exact) mass is 1130 g/mol. The summed E-state index contributed by atoms with van der Waals surface area (Å²) in [7, 11) is 0. The highest BCUT2D eigenvalue weighted by Gasteiger charge is 2.47. The summed E-state index contributed by atoms with van der Waals surface area (Å²) in [4.78, 5) is 26.6. The van der Waals surface area contributed by atoms with E-state index in [4.69, 9.17) is 14.2 Å². The van der Waals surface area contributed by atoms with Gasteiger partial charge in [-0.1, -0.05) is 252 Å². The summed E-state index contributed by atoms with van der Waals surface area (Å²) in [5.74, 6) is -1.25. The molecule has 0 aromatic rings. The number of esters is 1. The zero-order valence-electron chi connectivity index (χ0n) is 51.4. The van der Waals surface area contributed by atoms with Crippen LogP contribution in [0.2, 0.25) is 0 Å².